The number of nitrogens with zero attached hydrogens (tertiary/aromatic N) is 4. The Labute approximate surface area is 206 Å². The third kappa shape index (κ3) is 7.48. The number of thiazole rings is 1. The summed E-state index contributed by atoms with van der Waals surface area (Å²) in [6.07, 6.45) is 0. The quantitative estimate of drug-likeness (QED) is 0.292. The van der Waals surface area contributed by atoms with Gasteiger partial charge in [-0.1, -0.05) is 12.1 Å². The van der Waals surface area contributed by atoms with Gasteiger partial charge in [-0.2, -0.15) is 0 Å². The van der Waals surface area contributed by atoms with E-state index in [-0.39, 0.29) is 30.0 Å². The van der Waals surface area contributed by atoms with Crippen molar-refractivity contribution in [2.45, 2.75) is 12.6 Å². The van der Waals surface area contributed by atoms with Crippen LogP contribution < -0.4 is 20.3 Å². The highest BCUT2D eigenvalue weighted by atomic mass is 127. The minimum Gasteiger partial charge on any atom is -0.497 e. The number of nitrogens with one attached hydrogen (secondary N) is 2. The van der Waals surface area contributed by atoms with E-state index >= 15 is 0 Å². The lowest BCUT2D eigenvalue weighted by Crippen LogP contribution is -2.46. The third-order valence-electron chi connectivity index (χ3n) is 5.03. The summed E-state index contributed by atoms with van der Waals surface area (Å²) in [5.74, 6) is 1.63. The maximum atomic E-state index is 5.55. The number of guanidine groups is 1. The number of aromatic nitrogens is 1. The summed E-state index contributed by atoms with van der Waals surface area (Å²) < 4.78 is 10.9. The van der Waals surface area contributed by atoms with E-state index in [1.807, 2.05) is 31.1 Å². The number of ether oxygens (including phenoxy) is 2. The van der Waals surface area contributed by atoms with Crippen LogP contribution in [0.15, 0.2) is 34.6 Å². The molecule has 1 fully saturated rings. The molecule has 1 saturated heterocycles. The summed E-state index contributed by atoms with van der Waals surface area (Å²) in [7, 11) is 7.48. The third-order valence-corrected chi connectivity index (χ3v) is 6.09. The molecule has 1 unspecified atom stereocenters. The highest BCUT2D eigenvalue weighted by Crippen LogP contribution is 2.23. The molecule has 1 aromatic heterocycles. The number of aliphatic imine (C=N–C) groups is 1. The number of methoxy groups -OCH3 is 1. The van der Waals surface area contributed by atoms with E-state index in [0.717, 1.165) is 55.4 Å². The smallest absolute Gasteiger partial charge is 0.191 e. The molecule has 0 radical (unpaired) electrons. The molecule has 10 heteroatoms. The highest BCUT2D eigenvalue weighted by Gasteiger charge is 2.23. The molecule has 0 aliphatic carbocycles. The largest absolute Gasteiger partial charge is 0.497 e. The van der Waals surface area contributed by atoms with E-state index in [1.54, 1.807) is 25.5 Å². The van der Waals surface area contributed by atoms with Crippen LogP contribution in [0.4, 0.5) is 5.13 Å². The van der Waals surface area contributed by atoms with Crippen LogP contribution in [0.25, 0.3) is 0 Å². The van der Waals surface area contributed by atoms with Crippen LogP contribution in [0.1, 0.15) is 17.3 Å². The second kappa shape index (κ2) is 13.0. The number of rotatable bonds is 8. The van der Waals surface area contributed by atoms with Crippen molar-refractivity contribution in [1.29, 1.82) is 0 Å². The highest BCUT2D eigenvalue weighted by molar-refractivity contribution is 14.0. The average Bonchev–Trinajstić information content (AvgIpc) is 3.26. The molecular formula is C21H33IN6O2S. The van der Waals surface area contributed by atoms with E-state index in [9.17, 15) is 0 Å². The molecule has 31 heavy (non-hydrogen) atoms. The van der Waals surface area contributed by atoms with Crippen LogP contribution in [0.2, 0.25) is 0 Å². The van der Waals surface area contributed by atoms with Crippen LogP contribution >= 0.6 is 35.3 Å². The topological polar surface area (TPSA) is 74.2 Å². The summed E-state index contributed by atoms with van der Waals surface area (Å²) in [6, 6.07) is 8.52. The molecule has 172 valence electrons. The van der Waals surface area contributed by atoms with Crippen LogP contribution in [0.5, 0.6) is 5.75 Å². The first-order chi connectivity index (χ1) is 14.6. The maximum absolute atomic E-state index is 5.55. The van der Waals surface area contributed by atoms with Crippen LogP contribution in [0, 0.1) is 0 Å². The number of hydrogen-bond donors (Lipinski definition) is 2. The van der Waals surface area contributed by atoms with E-state index in [0.29, 0.717) is 6.54 Å². The Morgan fingerprint density at radius 3 is 2.55 bits per heavy atom. The Morgan fingerprint density at radius 1 is 1.26 bits per heavy atom. The van der Waals surface area contributed by atoms with Crippen molar-refractivity contribution in [2.24, 2.45) is 4.99 Å². The van der Waals surface area contributed by atoms with E-state index in [4.69, 9.17) is 9.47 Å². The van der Waals surface area contributed by atoms with Crippen LogP contribution in [-0.4, -0.2) is 76.9 Å². The Morgan fingerprint density at radius 2 is 1.97 bits per heavy atom. The first-order valence-electron chi connectivity index (χ1n) is 10.1. The molecule has 1 aliphatic heterocycles. The maximum Gasteiger partial charge on any atom is 0.191 e. The zero-order chi connectivity index (χ0) is 21.3. The van der Waals surface area contributed by atoms with E-state index in [2.05, 4.69) is 43.0 Å². The number of morpholine rings is 1. The van der Waals surface area contributed by atoms with Crippen molar-refractivity contribution in [2.75, 3.05) is 66.0 Å². The molecule has 2 aromatic rings. The SMILES string of the molecule is CN=C(NCc1csc(N(C)C)n1)NCC(c1ccc(OC)cc1)N1CCOCC1.I. The Kier molecular flexibility index (Phi) is 10.8. The van der Waals surface area contributed by atoms with Crippen molar-refractivity contribution < 1.29 is 9.47 Å². The molecule has 0 amide bonds. The van der Waals surface area contributed by atoms with Crippen molar-refractivity contribution in [3.8, 4) is 5.75 Å². The van der Waals surface area contributed by atoms with Gasteiger partial charge in [0.05, 0.1) is 38.6 Å². The molecule has 1 aromatic carbocycles. The molecule has 1 aliphatic rings. The van der Waals surface area contributed by atoms with Gasteiger partial charge in [0, 0.05) is 46.2 Å². The minimum atomic E-state index is 0. The van der Waals surface area contributed by atoms with Gasteiger partial charge in [0.1, 0.15) is 5.75 Å². The molecule has 1 atom stereocenters. The first kappa shape index (κ1) is 25.6. The fourth-order valence-corrected chi connectivity index (χ4v) is 4.10. The van der Waals surface area contributed by atoms with Gasteiger partial charge in [0.15, 0.2) is 11.1 Å². The molecule has 0 saturated carbocycles. The Hall–Kier alpha value is -1.63. The predicted molar refractivity (Wildman–Crippen MR) is 138 cm³/mol. The van der Waals surface area contributed by atoms with Crippen LogP contribution in [0.3, 0.4) is 0 Å². The monoisotopic (exact) mass is 560 g/mol. The number of benzene rings is 1. The Balaban J connectivity index is 0.00000341. The molecule has 8 nitrogen and oxygen atoms in total. The van der Waals surface area contributed by atoms with Gasteiger partial charge >= 0.3 is 0 Å². The fraction of sp³-hybridized carbons (Fsp3) is 0.524. The predicted octanol–water partition coefficient (Wildman–Crippen LogP) is 2.57. The average molecular weight is 561 g/mol. The first-order valence-corrected chi connectivity index (χ1v) is 11.0. The number of anilines is 1. The van der Waals surface area contributed by atoms with Gasteiger partial charge in [0.2, 0.25) is 0 Å². The van der Waals surface area contributed by atoms with Gasteiger partial charge in [-0.3, -0.25) is 9.89 Å². The van der Waals surface area contributed by atoms with Crippen molar-refractivity contribution in [3.05, 3.63) is 40.9 Å². The van der Waals surface area contributed by atoms with Gasteiger partial charge in [-0.15, -0.1) is 35.3 Å². The zero-order valence-corrected chi connectivity index (χ0v) is 21.8. The lowest BCUT2D eigenvalue weighted by Gasteiger charge is -2.35. The standard InChI is InChI=1S/C21H32N6O2S.HI/c1-22-20(23-13-17-15-30-21(25-17)26(2)3)24-14-19(27-9-11-29-12-10-27)16-5-7-18(28-4)8-6-16;/h5-8,15,19H,9-14H2,1-4H3,(H2,22,23,24);1H. The summed E-state index contributed by atoms with van der Waals surface area (Å²) in [6.45, 7) is 4.73. The lowest BCUT2D eigenvalue weighted by molar-refractivity contribution is 0.0170. The lowest BCUT2D eigenvalue weighted by atomic mass is 10.0. The van der Waals surface area contributed by atoms with Crippen molar-refractivity contribution in [1.82, 2.24) is 20.5 Å². The molecule has 2 N–H and O–H groups in total. The molecule has 3 rings (SSSR count). The van der Waals surface area contributed by atoms with Gasteiger partial charge in [0.25, 0.3) is 0 Å². The Bertz CT molecular complexity index is 808. The molecule has 2 heterocycles. The van der Waals surface area contributed by atoms with Gasteiger partial charge in [-0.25, -0.2) is 4.98 Å². The summed E-state index contributed by atoms with van der Waals surface area (Å²) in [5, 5.41) is 9.93. The van der Waals surface area contributed by atoms with E-state index in [1.165, 1.54) is 5.56 Å². The van der Waals surface area contributed by atoms with Gasteiger partial charge in [-0.05, 0) is 17.7 Å². The summed E-state index contributed by atoms with van der Waals surface area (Å²) in [4.78, 5) is 13.5. The normalized spacial score (nSPS) is 15.7. The van der Waals surface area contributed by atoms with Crippen molar-refractivity contribution in [3.63, 3.8) is 0 Å². The number of halogens is 1. The minimum absolute atomic E-state index is 0. The second-order valence-corrected chi connectivity index (χ2v) is 8.10. The molecular weight excluding hydrogens is 527 g/mol. The zero-order valence-electron chi connectivity index (χ0n) is 18.6. The van der Waals surface area contributed by atoms with E-state index < -0.39 is 0 Å². The molecule has 0 spiro atoms. The fourth-order valence-electron chi connectivity index (χ4n) is 3.34. The summed E-state index contributed by atoms with van der Waals surface area (Å²) in [5.41, 5.74) is 2.25. The summed E-state index contributed by atoms with van der Waals surface area (Å²) >= 11 is 1.64. The van der Waals surface area contributed by atoms with Gasteiger partial charge < -0.3 is 25.0 Å². The van der Waals surface area contributed by atoms with Crippen LogP contribution in [-0.2, 0) is 11.3 Å². The number of hydrogen-bond acceptors (Lipinski definition) is 7. The molecule has 0 bridgehead atoms. The second-order valence-electron chi connectivity index (χ2n) is 7.26. The van der Waals surface area contributed by atoms with Crippen molar-refractivity contribution >= 4 is 46.4 Å².